The smallest absolute Gasteiger partial charge is 0.124 e. The maximum atomic E-state index is 8.80. The van der Waals surface area contributed by atoms with E-state index in [2.05, 4.69) is 19.9 Å². The van der Waals surface area contributed by atoms with Gasteiger partial charge in [-0.15, -0.1) is 0 Å². The van der Waals surface area contributed by atoms with E-state index < -0.39 is 0 Å². The van der Waals surface area contributed by atoms with E-state index in [0.717, 1.165) is 0 Å². The number of nitriles is 1. The Bertz CT molecular complexity index is 366. The van der Waals surface area contributed by atoms with Crippen molar-refractivity contribution in [1.29, 1.82) is 5.26 Å². The van der Waals surface area contributed by atoms with Crippen molar-refractivity contribution in [2.24, 2.45) is 5.92 Å². The van der Waals surface area contributed by atoms with Gasteiger partial charge in [-0.1, -0.05) is 13.8 Å². The molecule has 0 heterocycles. The van der Waals surface area contributed by atoms with E-state index in [9.17, 15) is 0 Å². The molecule has 0 amide bonds. The summed E-state index contributed by atoms with van der Waals surface area (Å²) in [6.07, 6.45) is 0. The molecular formula is C12H15NO2. The first-order chi connectivity index (χ1) is 7.15. The summed E-state index contributed by atoms with van der Waals surface area (Å²) in [5.74, 6) is 1.79. The number of methoxy groups -OCH3 is 1. The van der Waals surface area contributed by atoms with Crippen molar-refractivity contribution < 1.29 is 9.47 Å². The Morgan fingerprint density at radius 1 is 1.27 bits per heavy atom. The second-order valence-electron chi connectivity index (χ2n) is 3.71. The standard InChI is InChI=1S/C12H15NO2/c1-9(2)8-15-12-5-10(7-13)4-11(6-12)14-3/h4-6,9H,8H2,1-3H3. The number of nitrogens with zero attached hydrogens (tertiary/aromatic N) is 1. The number of rotatable bonds is 4. The molecule has 0 radical (unpaired) electrons. The van der Waals surface area contributed by atoms with E-state index in [1.165, 1.54) is 0 Å². The van der Waals surface area contributed by atoms with Gasteiger partial charge in [-0.3, -0.25) is 0 Å². The van der Waals surface area contributed by atoms with Crippen molar-refractivity contribution in [3.8, 4) is 17.6 Å². The molecule has 0 saturated heterocycles. The van der Waals surface area contributed by atoms with Gasteiger partial charge in [0.15, 0.2) is 0 Å². The Labute approximate surface area is 90.2 Å². The highest BCUT2D eigenvalue weighted by molar-refractivity contribution is 5.43. The van der Waals surface area contributed by atoms with Gasteiger partial charge in [0.1, 0.15) is 11.5 Å². The minimum Gasteiger partial charge on any atom is -0.497 e. The van der Waals surface area contributed by atoms with Crippen LogP contribution in [-0.2, 0) is 0 Å². The van der Waals surface area contributed by atoms with E-state index in [0.29, 0.717) is 29.6 Å². The van der Waals surface area contributed by atoms with Crippen LogP contribution in [0, 0.1) is 17.2 Å². The van der Waals surface area contributed by atoms with Crippen molar-refractivity contribution in [3.63, 3.8) is 0 Å². The van der Waals surface area contributed by atoms with Gasteiger partial charge in [-0.05, 0) is 18.1 Å². The summed E-state index contributed by atoms with van der Waals surface area (Å²) in [5, 5.41) is 8.80. The molecule has 0 aliphatic carbocycles. The molecule has 0 unspecified atom stereocenters. The molecule has 0 atom stereocenters. The fourth-order valence-electron chi connectivity index (χ4n) is 1.10. The molecule has 0 aliphatic heterocycles. The SMILES string of the molecule is COc1cc(C#N)cc(OCC(C)C)c1. The molecule has 0 fully saturated rings. The van der Waals surface area contributed by atoms with Crippen LogP contribution in [0.4, 0.5) is 0 Å². The van der Waals surface area contributed by atoms with E-state index in [1.54, 1.807) is 25.3 Å². The molecule has 0 spiro atoms. The van der Waals surface area contributed by atoms with E-state index in [-0.39, 0.29) is 0 Å². The molecule has 1 aromatic carbocycles. The van der Waals surface area contributed by atoms with Gasteiger partial charge in [0, 0.05) is 6.07 Å². The van der Waals surface area contributed by atoms with E-state index >= 15 is 0 Å². The largest absolute Gasteiger partial charge is 0.497 e. The Balaban J connectivity index is 2.83. The second kappa shape index (κ2) is 5.26. The Hall–Kier alpha value is -1.69. The van der Waals surface area contributed by atoms with Crippen molar-refractivity contribution >= 4 is 0 Å². The van der Waals surface area contributed by atoms with Crippen LogP contribution in [0.1, 0.15) is 19.4 Å². The summed E-state index contributed by atoms with van der Waals surface area (Å²) in [7, 11) is 1.57. The quantitative estimate of drug-likeness (QED) is 0.758. The predicted octanol–water partition coefficient (Wildman–Crippen LogP) is 2.60. The summed E-state index contributed by atoms with van der Waals surface area (Å²) in [4.78, 5) is 0. The third-order valence-electron chi connectivity index (χ3n) is 1.83. The minimum atomic E-state index is 0.460. The van der Waals surface area contributed by atoms with Crippen LogP contribution >= 0.6 is 0 Å². The number of ether oxygens (including phenoxy) is 2. The van der Waals surface area contributed by atoms with Gasteiger partial charge in [0.2, 0.25) is 0 Å². The summed E-state index contributed by atoms with van der Waals surface area (Å²) >= 11 is 0. The highest BCUT2D eigenvalue weighted by Gasteiger charge is 2.02. The lowest BCUT2D eigenvalue weighted by Gasteiger charge is -2.10. The molecule has 0 N–H and O–H groups in total. The lowest BCUT2D eigenvalue weighted by atomic mass is 10.2. The summed E-state index contributed by atoms with van der Waals surface area (Å²) < 4.78 is 10.6. The van der Waals surface area contributed by atoms with E-state index in [4.69, 9.17) is 14.7 Å². The molecule has 1 aromatic rings. The molecule has 3 nitrogen and oxygen atoms in total. The average Bonchev–Trinajstić information content (AvgIpc) is 2.25. The van der Waals surface area contributed by atoms with Crippen molar-refractivity contribution in [2.45, 2.75) is 13.8 Å². The minimum absolute atomic E-state index is 0.460. The zero-order valence-electron chi connectivity index (χ0n) is 9.28. The molecule has 0 aliphatic rings. The molecule has 1 rings (SSSR count). The number of hydrogen-bond donors (Lipinski definition) is 0. The first kappa shape index (κ1) is 11.4. The Morgan fingerprint density at radius 3 is 2.47 bits per heavy atom. The molecule has 0 saturated carbocycles. The van der Waals surface area contributed by atoms with Crippen LogP contribution in [0.5, 0.6) is 11.5 Å². The molecule has 0 aromatic heterocycles. The number of benzene rings is 1. The van der Waals surface area contributed by atoms with Crippen LogP contribution in [0.25, 0.3) is 0 Å². The van der Waals surface area contributed by atoms with Gasteiger partial charge in [0.25, 0.3) is 0 Å². The zero-order chi connectivity index (χ0) is 11.3. The fraction of sp³-hybridized carbons (Fsp3) is 0.417. The van der Waals surface area contributed by atoms with Crippen LogP contribution in [0.2, 0.25) is 0 Å². The molecule has 15 heavy (non-hydrogen) atoms. The van der Waals surface area contributed by atoms with Crippen LogP contribution in [0.15, 0.2) is 18.2 Å². The van der Waals surface area contributed by atoms with Crippen LogP contribution < -0.4 is 9.47 Å². The van der Waals surface area contributed by atoms with Gasteiger partial charge >= 0.3 is 0 Å². The second-order valence-corrected chi connectivity index (χ2v) is 3.71. The fourth-order valence-corrected chi connectivity index (χ4v) is 1.10. The van der Waals surface area contributed by atoms with Gasteiger partial charge in [-0.2, -0.15) is 5.26 Å². The maximum absolute atomic E-state index is 8.80. The van der Waals surface area contributed by atoms with Crippen molar-refractivity contribution in [2.75, 3.05) is 13.7 Å². The third-order valence-corrected chi connectivity index (χ3v) is 1.83. The highest BCUT2D eigenvalue weighted by atomic mass is 16.5. The summed E-state index contributed by atoms with van der Waals surface area (Å²) in [6.45, 7) is 4.79. The van der Waals surface area contributed by atoms with Crippen LogP contribution in [0.3, 0.4) is 0 Å². The topological polar surface area (TPSA) is 42.2 Å². The molecular weight excluding hydrogens is 190 g/mol. The summed E-state index contributed by atoms with van der Waals surface area (Å²) in [5.41, 5.74) is 0.549. The number of hydrogen-bond acceptors (Lipinski definition) is 3. The molecule has 3 heteroatoms. The predicted molar refractivity (Wildman–Crippen MR) is 58.0 cm³/mol. The first-order valence-electron chi connectivity index (χ1n) is 4.87. The Kier molecular flexibility index (Phi) is 3.99. The van der Waals surface area contributed by atoms with Crippen molar-refractivity contribution in [3.05, 3.63) is 23.8 Å². The molecule has 80 valence electrons. The normalized spacial score (nSPS) is 9.80. The average molecular weight is 205 g/mol. The summed E-state index contributed by atoms with van der Waals surface area (Å²) in [6, 6.07) is 7.25. The van der Waals surface area contributed by atoms with Gasteiger partial charge in [-0.25, -0.2) is 0 Å². The molecule has 0 bridgehead atoms. The highest BCUT2D eigenvalue weighted by Crippen LogP contribution is 2.22. The maximum Gasteiger partial charge on any atom is 0.124 e. The lowest BCUT2D eigenvalue weighted by Crippen LogP contribution is -2.04. The lowest BCUT2D eigenvalue weighted by molar-refractivity contribution is 0.269. The van der Waals surface area contributed by atoms with Crippen molar-refractivity contribution in [1.82, 2.24) is 0 Å². The Morgan fingerprint density at radius 2 is 1.93 bits per heavy atom. The first-order valence-corrected chi connectivity index (χ1v) is 4.87. The van der Waals surface area contributed by atoms with Gasteiger partial charge < -0.3 is 9.47 Å². The third kappa shape index (κ3) is 3.51. The van der Waals surface area contributed by atoms with Gasteiger partial charge in [0.05, 0.1) is 25.3 Å². The van der Waals surface area contributed by atoms with E-state index in [1.807, 2.05) is 0 Å². The zero-order valence-corrected chi connectivity index (χ0v) is 9.28. The monoisotopic (exact) mass is 205 g/mol. The van der Waals surface area contributed by atoms with Crippen LogP contribution in [-0.4, -0.2) is 13.7 Å².